The fourth-order valence-corrected chi connectivity index (χ4v) is 3.75. The zero-order valence-electron chi connectivity index (χ0n) is 16.1. The number of Topliss-reactive ketones (excluding diaryl/α,β-unsaturated/α-hetero) is 1. The van der Waals surface area contributed by atoms with E-state index in [0.717, 1.165) is 4.88 Å². The third-order valence-corrected chi connectivity index (χ3v) is 5.43. The number of carboxylic acids is 1. The number of carboxylic acid groups (broad SMARTS) is 1. The lowest BCUT2D eigenvalue weighted by Gasteiger charge is -1.96. The van der Waals surface area contributed by atoms with Crippen molar-refractivity contribution < 1.29 is 23.9 Å². The third-order valence-electron chi connectivity index (χ3n) is 4.26. The second-order valence-electron chi connectivity index (χ2n) is 6.48. The molecular weight excluding hydrogens is 422 g/mol. The standard InChI is InChI=1S/C20H15N5O5S/c1-10(26)13-8-7-12(31-13)9-25-23-14(18(21)27)15(24-25)19-22-16(20(28)29)17(30-19)11-5-3-2-4-6-11/h2-8H,9H2,1H3,(H2,21,27)(H,28,29). The van der Waals surface area contributed by atoms with Crippen molar-refractivity contribution in [1.82, 2.24) is 20.0 Å². The molecule has 0 spiro atoms. The van der Waals surface area contributed by atoms with Gasteiger partial charge < -0.3 is 15.3 Å². The highest BCUT2D eigenvalue weighted by Crippen LogP contribution is 2.30. The molecule has 0 fully saturated rings. The molecule has 31 heavy (non-hydrogen) atoms. The Labute approximate surface area is 178 Å². The van der Waals surface area contributed by atoms with E-state index in [1.165, 1.54) is 23.1 Å². The molecular formula is C20H15N5O5S. The molecule has 0 radical (unpaired) electrons. The molecule has 4 rings (SSSR count). The Morgan fingerprint density at radius 3 is 2.45 bits per heavy atom. The van der Waals surface area contributed by atoms with Crippen molar-refractivity contribution in [2.75, 3.05) is 0 Å². The number of benzene rings is 1. The predicted molar refractivity (Wildman–Crippen MR) is 110 cm³/mol. The summed E-state index contributed by atoms with van der Waals surface area (Å²) < 4.78 is 5.68. The summed E-state index contributed by atoms with van der Waals surface area (Å²) in [7, 11) is 0. The number of ketones is 1. The molecule has 0 aliphatic rings. The predicted octanol–water partition coefficient (Wildman–Crippen LogP) is 2.71. The van der Waals surface area contributed by atoms with Gasteiger partial charge in [-0.2, -0.15) is 9.78 Å². The molecule has 3 N–H and O–H groups in total. The molecule has 3 aromatic heterocycles. The van der Waals surface area contributed by atoms with Crippen LogP contribution < -0.4 is 5.73 Å². The normalized spacial score (nSPS) is 10.9. The Morgan fingerprint density at radius 2 is 1.84 bits per heavy atom. The van der Waals surface area contributed by atoms with Crippen LogP contribution in [0.5, 0.6) is 0 Å². The number of primary amides is 1. The number of carbonyl (C=O) groups is 3. The van der Waals surface area contributed by atoms with Crippen molar-refractivity contribution in [2.45, 2.75) is 13.5 Å². The second kappa shape index (κ2) is 7.95. The number of hydrogen-bond acceptors (Lipinski definition) is 8. The third kappa shape index (κ3) is 3.98. The van der Waals surface area contributed by atoms with Crippen molar-refractivity contribution in [2.24, 2.45) is 5.73 Å². The maximum absolute atomic E-state index is 11.9. The molecule has 0 bridgehead atoms. The van der Waals surface area contributed by atoms with E-state index in [1.54, 1.807) is 42.5 Å². The zero-order valence-corrected chi connectivity index (χ0v) is 16.9. The SMILES string of the molecule is CC(=O)c1ccc(Cn2nc(C(N)=O)c(-c3nc(C(=O)O)c(-c4ccccc4)o3)n2)s1. The summed E-state index contributed by atoms with van der Waals surface area (Å²) >= 11 is 1.28. The Morgan fingerprint density at radius 1 is 1.10 bits per heavy atom. The van der Waals surface area contributed by atoms with Gasteiger partial charge in [0.25, 0.3) is 11.8 Å². The Kier molecular flexibility index (Phi) is 5.17. The molecule has 1 aromatic carbocycles. The molecule has 1 amide bonds. The first-order chi connectivity index (χ1) is 14.8. The molecule has 0 aliphatic carbocycles. The van der Waals surface area contributed by atoms with Crippen LogP contribution in [0.4, 0.5) is 0 Å². The number of rotatable bonds is 7. The molecule has 0 saturated carbocycles. The van der Waals surface area contributed by atoms with E-state index in [-0.39, 0.29) is 41.1 Å². The first-order valence-corrected chi connectivity index (χ1v) is 9.79. The molecule has 11 heteroatoms. The number of nitrogens with zero attached hydrogens (tertiary/aromatic N) is 4. The number of carbonyl (C=O) groups excluding carboxylic acids is 2. The minimum atomic E-state index is -1.29. The number of thiophene rings is 1. The van der Waals surface area contributed by atoms with Gasteiger partial charge in [-0.05, 0) is 19.1 Å². The average molecular weight is 437 g/mol. The fourth-order valence-electron chi connectivity index (χ4n) is 2.87. The maximum atomic E-state index is 11.9. The fraction of sp³-hybridized carbons (Fsp3) is 0.100. The van der Waals surface area contributed by atoms with E-state index in [4.69, 9.17) is 10.2 Å². The van der Waals surface area contributed by atoms with Gasteiger partial charge >= 0.3 is 5.97 Å². The number of oxazole rings is 1. The zero-order chi connectivity index (χ0) is 22.1. The first-order valence-electron chi connectivity index (χ1n) is 8.98. The van der Waals surface area contributed by atoms with Crippen molar-refractivity contribution >= 4 is 29.0 Å². The highest BCUT2D eigenvalue weighted by molar-refractivity contribution is 7.14. The Hall–Kier alpha value is -4.12. The van der Waals surface area contributed by atoms with Crippen molar-refractivity contribution in [3.8, 4) is 22.9 Å². The molecule has 4 aromatic rings. The highest BCUT2D eigenvalue weighted by Gasteiger charge is 2.27. The molecule has 10 nitrogen and oxygen atoms in total. The summed E-state index contributed by atoms with van der Waals surface area (Å²) in [4.78, 5) is 41.7. The van der Waals surface area contributed by atoms with Gasteiger partial charge in [0.2, 0.25) is 0 Å². The largest absolute Gasteiger partial charge is 0.476 e. The van der Waals surface area contributed by atoms with E-state index < -0.39 is 11.9 Å². The topological polar surface area (TPSA) is 154 Å². The minimum Gasteiger partial charge on any atom is -0.476 e. The molecule has 156 valence electrons. The Bertz CT molecular complexity index is 1300. The minimum absolute atomic E-state index is 0.0254. The van der Waals surface area contributed by atoms with Crippen molar-refractivity contribution in [3.05, 3.63) is 63.6 Å². The lowest BCUT2D eigenvalue weighted by atomic mass is 10.1. The Balaban J connectivity index is 1.76. The summed E-state index contributed by atoms with van der Waals surface area (Å²) in [5.41, 5.74) is 5.34. The number of aromatic carboxylic acids is 1. The van der Waals surface area contributed by atoms with Gasteiger partial charge in [-0.15, -0.1) is 21.5 Å². The number of nitrogens with two attached hydrogens (primary N) is 1. The number of hydrogen-bond donors (Lipinski definition) is 2. The van der Waals surface area contributed by atoms with E-state index >= 15 is 0 Å². The van der Waals surface area contributed by atoms with Crippen LogP contribution in [0.25, 0.3) is 22.9 Å². The molecule has 0 unspecified atom stereocenters. The van der Waals surface area contributed by atoms with Crippen LogP contribution in [0.1, 0.15) is 42.4 Å². The van der Waals surface area contributed by atoms with E-state index in [1.807, 2.05) is 0 Å². The van der Waals surface area contributed by atoms with Crippen molar-refractivity contribution in [3.63, 3.8) is 0 Å². The van der Waals surface area contributed by atoms with E-state index in [9.17, 15) is 19.5 Å². The van der Waals surface area contributed by atoms with Crippen LogP contribution in [0.2, 0.25) is 0 Å². The van der Waals surface area contributed by atoms with Gasteiger partial charge in [-0.25, -0.2) is 4.79 Å². The van der Waals surface area contributed by atoms with Crippen LogP contribution in [0.3, 0.4) is 0 Å². The van der Waals surface area contributed by atoms with Crippen molar-refractivity contribution in [1.29, 1.82) is 0 Å². The quantitative estimate of drug-likeness (QED) is 0.418. The second-order valence-corrected chi connectivity index (χ2v) is 7.65. The lowest BCUT2D eigenvalue weighted by Crippen LogP contribution is -2.13. The van der Waals surface area contributed by atoms with E-state index in [2.05, 4.69) is 15.2 Å². The van der Waals surface area contributed by atoms with Gasteiger partial charge in [0.1, 0.15) is 0 Å². The highest BCUT2D eigenvalue weighted by atomic mass is 32.1. The van der Waals surface area contributed by atoms with Gasteiger partial charge in [0.15, 0.2) is 28.6 Å². The summed E-state index contributed by atoms with van der Waals surface area (Å²) in [6.45, 7) is 1.65. The summed E-state index contributed by atoms with van der Waals surface area (Å²) in [5.74, 6) is -2.38. The number of amides is 1. The lowest BCUT2D eigenvalue weighted by molar-refractivity contribution is 0.0691. The maximum Gasteiger partial charge on any atom is 0.358 e. The van der Waals surface area contributed by atoms with Gasteiger partial charge in [-0.3, -0.25) is 9.59 Å². The smallest absolute Gasteiger partial charge is 0.358 e. The molecule has 0 saturated heterocycles. The van der Waals surface area contributed by atoms with Gasteiger partial charge in [0.05, 0.1) is 11.4 Å². The first kappa shape index (κ1) is 20.2. The molecule has 3 heterocycles. The van der Waals surface area contributed by atoms with Crippen LogP contribution in [0.15, 0.2) is 46.9 Å². The number of aromatic nitrogens is 4. The molecule has 0 aliphatic heterocycles. The van der Waals surface area contributed by atoms with Crippen LogP contribution in [0, 0.1) is 0 Å². The van der Waals surface area contributed by atoms with Gasteiger partial charge in [0, 0.05) is 10.4 Å². The van der Waals surface area contributed by atoms with E-state index in [0.29, 0.717) is 10.4 Å². The van der Waals surface area contributed by atoms with Gasteiger partial charge in [-0.1, -0.05) is 30.3 Å². The summed E-state index contributed by atoms with van der Waals surface area (Å²) in [6.07, 6.45) is 0. The average Bonchev–Trinajstić information content (AvgIpc) is 3.46. The van der Waals surface area contributed by atoms with Crippen LogP contribution >= 0.6 is 11.3 Å². The monoisotopic (exact) mass is 437 g/mol. The van der Waals surface area contributed by atoms with Crippen LogP contribution in [-0.2, 0) is 6.54 Å². The van der Waals surface area contributed by atoms with Crippen LogP contribution in [-0.4, -0.2) is 42.7 Å². The summed E-state index contributed by atoms with van der Waals surface area (Å²) in [6, 6.07) is 12.0. The summed E-state index contributed by atoms with van der Waals surface area (Å²) in [5, 5.41) is 17.9. The molecule has 0 atom stereocenters.